The van der Waals surface area contributed by atoms with Gasteiger partial charge in [0.2, 0.25) is 5.91 Å². The maximum atomic E-state index is 11.5. The van der Waals surface area contributed by atoms with Crippen LogP contribution in [0.25, 0.3) is 0 Å². The number of carbonyl (C=O) groups excluding carboxylic acids is 1. The van der Waals surface area contributed by atoms with Gasteiger partial charge in [0.15, 0.2) is 0 Å². The van der Waals surface area contributed by atoms with Crippen LogP contribution in [0.3, 0.4) is 0 Å². The van der Waals surface area contributed by atoms with E-state index in [0.717, 1.165) is 9.13 Å². The topological polar surface area (TPSA) is 95.1 Å². The number of nitrogens with zero attached hydrogens (tertiary/aromatic N) is 3. The van der Waals surface area contributed by atoms with Crippen molar-refractivity contribution in [2.45, 2.75) is 6.54 Å². The first-order valence-electron chi connectivity index (χ1n) is 4.47. The van der Waals surface area contributed by atoms with E-state index in [9.17, 15) is 19.2 Å². The smallest absolute Gasteiger partial charge is 0.336 e. The molecule has 1 rings (SSSR count). The van der Waals surface area contributed by atoms with E-state index in [2.05, 4.69) is 5.32 Å². The highest BCUT2D eigenvalue weighted by Crippen LogP contribution is 1.71. The lowest BCUT2D eigenvalue weighted by atomic mass is 10.6. The average Bonchev–Trinajstić information content (AvgIpc) is 2.29. The molecule has 88 valence electrons. The molecule has 1 N–H and O–H groups in total. The number of aromatic nitrogens is 3. The lowest BCUT2D eigenvalue weighted by Gasteiger charge is -2.07. The largest absolute Gasteiger partial charge is 0.358 e. The summed E-state index contributed by atoms with van der Waals surface area (Å²) < 4.78 is 2.23. The Hall–Kier alpha value is -2.12. The van der Waals surface area contributed by atoms with Gasteiger partial charge in [0.1, 0.15) is 6.54 Å². The first kappa shape index (κ1) is 12.0. The molecule has 8 heteroatoms. The molecule has 0 radical (unpaired) electrons. The van der Waals surface area contributed by atoms with Crippen LogP contribution in [-0.4, -0.2) is 26.7 Å². The lowest BCUT2D eigenvalue weighted by Crippen LogP contribution is -2.54. The second kappa shape index (κ2) is 4.17. The van der Waals surface area contributed by atoms with E-state index in [0.29, 0.717) is 4.57 Å². The SMILES string of the molecule is CNC(=O)Cn1c(=O)n(C)c(=O)n(C)c1=O. The summed E-state index contributed by atoms with van der Waals surface area (Å²) in [5, 5.41) is 2.29. The Labute approximate surface area is 89.7 Å². The number of hydrogen-bond acceptors (Lipinski definition) is 4. The monoisotopic (exact) mass is 228 g/mol. The fraction of sp³-hybridized carbons (Fsp3) is 0.500. The molecule has 0 unspecified atom stereocenters. The van der Waals surface area contributed by atoms with E-state index in [1.807, 2.05) is 0 Å². The molecule has 1 aromatic heterocycles. The van der Waals surface area contributed by atoms with Crippen LogP contribution in [0, 0.1) is 0 Å². The zero-order valence-corrected chi connectivity index (χ0v) is 9.18. The zero-order valence-electron chi connectivity index (χ0n) is 9.18. The van der Waals surface area contributed by atoms with Gasteiger partial charge in [0, 0.05) is 21.1 Å². The van der Waals surface area contributed by atoms with Crippen molar-refractivity contribution in [1.82, 2.24) is 19.0 Å². The number of hydrogen-bond donors (Lipinski definition) is 1. The number of carbonyl (C=O) groups is 1. The third-order valence-corrected chi connectivity index (χ3v) is 2.19. The highest BCUT2D eigenvalue weighted by molar-refractivity contribution is 5.75. The molecule has 1 heterocycles. The van der Waals surface area contributed by atoms with Crippen LogP contribution in [0.15, 0.2) is 14.4 Å². The Morgan fingerprint density at radius 2 is 1.50 bits per heavy atom. The van der Waals surface area contributed by atoms with E-state index >= 15 is 0 Å². The molecule has 0 fully saturated rings. The molecule has 16 heavy (non-hydrogen) atoms. The zero-order chi connectivity index (χ0) is 12.5. The third-order valence-electron chi connectivity index (χ3n) is 2.19. The van der Waals surface area contributed by atoms with Crippen molar-refractivity contribution >= 4 is 5.91 Å². The van der Waals surface area contributed by atoms with Gasteiger partial charge in [-0.25, -0.2) is 28.1 Å². The summed E-state index contributed by atoms with van der Waals surface area (Å²) in [6.45, 7) is -0.407. The van der Waals surface area contributed by atoms with Gasteiger partial charge in [0.25, 0.3) is 0 Å². The highest BCUT2D eigenvalue weighted by atomic mass is 16.2. The standard InChI is InChI=1S/C8H12N4O4/c1-9-5(13)4-12-7(15)10(2)6(14)11(3)8(12)16/h4H2,1-3H3,(H,9,13). The molecular formula is C8H12N4O4. The van der Waals surface area contributed by atoms with E-state index in [1.165, 1.54) is 21.1 Å². The molecule has 0 saturated heterocycles. The van der Waals surface area contributed by atoms with E-state index < -0.39 is 29.5 Å². The molecule has 0 bridgehead atoms. The molecule has 0 spiro atoms. The van der Waals surface area contributed by atoms with Crippen molar-refractivity contribution in [2.75, 3.05) is 7.05 Å². The van der Waals surface area contributed by atoms with E-state index in [1.54, 1.807) is 0 Å². The van der Waals surface area contributed by atoms with Gasteiger partial charge in [-0.1, -0.05) is 0 Å². The summed E-state index contributed by atoms with van der Waals surface area (Å²) in [6.07, 6.45) is 0. The second-order valence-corrected chi connectivity index (χ2v) is 3.23. The van der Waals surface area contributed by atoms with Crippen molar-refractivity contribution in [3.63, 3.8) is 0 Å². The fourth-order valence-corrected chi connectivity index (χ4v) is 1.19. The maximum absolute atomic E-state index is 11.5. The summed E-state index contributed by atoms with van der Waals surface area (Å²) in [6, 6.07) is 0. The first-order chi connectivity index (χ1) is 7.40. The minimum absolute atomic E-state index is 0.407. The number of nitrogens with one attached hydrogen (secondary N) is 1. The van der Waals surface area contributed by atoms with Gasteiger partial charge in [-0.2, -0.15) is 0 Å². The Balaban J connectivity index is 3.53. The van der Waals surface area contributed by atoms with Crippen molar-refractivity contribution in [3.05, 3.63) is 31.5 Å². The Bertz CT molecular complexity index is 551. The molecule has 1 amide bonds. The van der Waals surface area contributed by atoms with Crippen LogP contribution in [0.2, 0.25) is 0 Å². The van der Waals surface area contributed by atoms with Crippen LogP contribution >= 0.6 is 0 Å². The first-order valence-corrected chi connectivity index (χ1v) is 4.47. The lowest BCUT2D eigenvalue weighted by molar-refractivity contribution is -0.121. The number of likely N-dealkylation sites (N-methyl/N-ethyl adjacent to an activating group) is 1. The molecule has 8 nitrogen and oxygen atoms in total. The van der Waals surface area contributed by atoms with Crippen molar-refractivity contribution in [2.24, 2.45) is 14.1 Å². The molecule has 0 saturated carbocycles. The minimum Gasteiger partial charge on any atom is -0.358 e. The number of amides is 1. The maximum Gasteiger partial charge on any atom is 0.336 e. The number of rotatable bonds is 2. The van der Waals surface area contributed by atoms with Crippen molar-refractivity contribution in [3.8, 4) is 0 Å². The molecule has 0 aliphatic rings. The molecule has 0 aliphatic heterocycles. The quantitative estimate of drug-likeness (QED) is 0.583. The summed E-state index contributed by atoms with van der Waals surface area (Å²) >= 11 is 0. The Morgan fingerprint density at radius 1 is 1.06 bits per heavy atom. The van der Waals surface area contributed by atoms with Crippen LogP contribution < -0.4 is 22.4 Å². The predicted molar refractivity (Wildman–Crippen MR) is 55.3 cm³/mol. The highest BCUT2D eigenvalue weighted by Gasteiger charge is 2.12. The van der Waals surface area contributed by atoms with Crippen LogP contribution in [0.5, 0.6) is 0 Å². The van der Waals surface area contributed by atoms with E-state index in [4.69, 9.17) is 0 Å². The van der Waals surface area contributed by atoms with Crippen molar-refractivity contribution in [1.29, 1.82) is 0 Å². The van der Waals surface area contributed by atoms with Gasteiger partial charge in [0.05, 0.1) is 0 Å². The predicted octanol–water partition coefficient (Wildman–Crippen LogP) is -3.01. The van der Waals surface area contributed by atoms with Gasteiger partial charge in [-0.3, -0.25) is 4.79 Å². The second-order valence-electron chi connectivity index (χ2n) is 3.23. The Kier molecular flexibility index (Phi) is 3.11. The van der Waals surface area contributed by atoms with Crippen LogP contribution in [-0.2, 0) is 25.4 Å². The van der Waals surface area contributed by atoms with Gasteiger partial charge in [-0.05, 0) is 0 Å². The summed E-state index contributed by atoms with van der Waals surface area (Å²) in [5.41, 5.74) is -2.34. The van der Waals surface area contributed by atoms with Crippen LogP contribution in [0.4, 0.5) is 0 Å². The summed E-state index contributed by atoms with van der Waals surface area (Å²) in [5.74, 6) is -0.488. The molecule has 0 atom stereocenters. The van der Waals surface area contributed by atoms with Gasteiger partial charge in [-0.15, -0.1) is 0 Å². The molecule has 0 aliphatic carbocycles. The van der Waals surface area contributed by atoms with Gasteiger partial charge >= 0.3 is 17.1 Å². The average molecular weight is 228 g/mol. The van der Waals surface area contributed by atoms with Gasteiger partial charge < -0.3 is 5.32 Å². The normalized spacial score (nSPS) is 10.2. The molecular weight excluding hydrogens is 216 g/mol. The molecule has 1 aromatic rings. The summed E-state index contributed by atoms with van der Waals surface area (Å²) in [4.78, 5) is 45.5. The fourth-order valence-electron chi connectivity index (χ4n) is 1.19. The summed E-state index contributed by atoms with van der Waals surface area (Å²) in [7, 11) is 3.87. The molecule has 0 aromatic carbocycles. The minimum atomic E-state index is -0.809. The van der Waals surface area contributed by atoms with Crippen LogP contribution in [0.1, 0.15) is 0 Å². The van der Waals surface area contributed by atoms with Crippen molar-refractivity contribution < 1.29 is 4.79 Å². The van der Waals surface area contributed by atoms with E-state index in [-0.39, 0.29) is 0 Å². The Morgan fingerprint density at radius 3 is 1.88 bits per heavy atom. The third kappa shape index (κ3) is 1.81.